The number of para-hydroxylation sites is 1. The molecule has 2 aliphatic rings. The Balaban J connectivity index is 1.88. The average molecular weight is 273 g/mol. The summed E-state index contributed by atoms with van der Waals surface area (Å²) in [5, 5.41) is 11.8. The zero-order chi connectivity index (χ0) is 13.2. The molecule has 1 N–H and O–H groups in total. The van der Waals surface area contributed by atoms with Crippen molar-refractivity contribution < 1.29 is 9.59 Å². The summed E-state index contributed by atoms with van der Waals surface area (Å²) in [7, 11) is 0. The third kappa shape index (κ3) is 2.43. The van der Waals surface area contributed by atoms with Crippen molar-refractivity contribution in [1.29, 1.82) is 0 Å². The monoisotopic (exact) mass is 273 g/mol. The molecule has 0 atom stereocenters. The van der Waals surface area contributed by atoms with E-state index in [9.17, 15) is 9.59 Å². The first-order chi connectivity index (χ1) is 9.22. The third-order valence-electron chi connectivity index (χ3n) is 2.40. The number of benzene rings is 1. The van der Waals surface area contributed by atoms with Gasteiger partial charge in [0, 0.05) is 5.56 Å². The van der Waals surface area contributed by atoms with Crippen molar-refractivity contribution in [2.75, 3.05) is 5.75 Å². The van der Waals surface area contributed by atoms with Crippen molar-refractivity contribution >= 4 is 35.1 Å². The number of rotatable bonds is 2. The van der Waals surface area contributed by atoms with E-state index >= 15 is 0 Å². The van der Waals surface area contributed by atoms with Crippen molar-refractivity contribution in [3.05, 3.63) is 34.5 Å². The van der Waals surface area contributed by atoms with Gasteiger partial charge >= 0.3 is 6.03 Å². The summed E-state index contributed by atoms with van der Waals surface area (Å²) in [5.41, 5.74) is 0.658. The predicted octanol–water partition coefficient (Wildman–Crippen LogP) is -0.388. The second kappa shape index (κ2) is 4.73. The fourth-order valence-electron chi connectivity index (χ4n) is 1.61. The van der Waals surface area contributed by atoms with Crippen molar-refractivity contribution in [2.45, 2.75) is 0 Å². The van der Waals surface area contributed by atoms with E-state index in [0.717, 1.165) is 0 Å². The zero-order valence-corrected chi connectivity index (χ0v) is 10.3. The molecule has 3 amide bonds. The van der Waals surface area contributed by atoms with Crippen LogP contribution in [0, 0.1) is 0 Å². The number of carbonyl (C=O) groups excluding carboxylic acids is 2. The van der Waals surface area contributed by atoms with Crippen LogP contribution in [0.1, 0.15) is 5.56 Å². The molecule has 0 aliphatic carbocycles. The number of carbonyl (C=O) groups is 2. The molecule has 94 valence electrons. The fraction of sp³-hybridized carbons (Fsp3) is 0.0909. The highest BCUT2D eigenvalue weighted by Crippen LogP contribution is 2.08. The molecule has 2 aliphatic heterocycles. The summed E-state index contributed by atoms with van der Waals surface area (Å²) < 4.78 is 0. The van der Waals surface area contributed by atoms with Gasteiger partial charge in [-0.25, -0.2) is 4.79 Å². The van der Waals surface area contributed by atoms with Crippen molar-refractivity contribution in [1.82, 2.24) is 5.32 Å². The summed E-state index contributed by atoms with van der Waals surface area (Å²) in [6.07, 6.45) is 1.48. The Bertz CT molecular complexity index is 753. The molecular weight excluding hydrogens is 266 g/mol. The molecule has 7 nitrogen and oxygen atoms in total. The molecule has 0 aromatic heterocycles. The molecule has 19 heavy (non-hydrogen) atoms. The molecule has 1 aromatic carbocycles. The maximum atomic E-state index is 11.1. The SMILES string of the molecule is O=C1N=c2cccc(C=NN=C3NC(=O)CS3)c2=N1. The van der Waals surface area contributed by atoms with E-state index in [-0.39, 0.29) is 5.91 Å². The number of nitrogens with one attached hydrogen (secondary N) is 1. The Hall–Kier alpha value is -2.35. The molecule has 0 unspecified atom stereocenters. The number of nitrogens with zero attached hydrogens (tertiary/aromatic N) is 4. The van der Waals surface area contributed by atoms with Crippen molar-refractivity contribution in [3.63, 3.8) is 0 Å². The highest BCUT2D eigenvalue weighted by atomic mass is 32.2. The van der Waals surface area contributed by atoms with Gasteiger partial charge in [0.15, 0.2) is 5.17 Å². The summed E-state index contributed by atoms with van der Waals surface area (Å²) >= 11 is 1.29. The van der Waals surface area contributed by atoms with E-state index in [1.165, 1.54) is 18.0 Å². The first kappa shape index (κ1) is 11.7. The van der Waals surface area contributed by atoms with Crippen molar-refractivity contribution in [3.8, 4) is 0 Å². The predicted molar refractivity (Wildman–Crippen MR) is 69.8 cm³/mol. The average Bonchev–Trinajstić information content (AvgIpc) is 2.95. The highest BCUT2D eigenvalue weighted by Gasteiger charge is 2.16. The van der Waals surface area contributed by atoms with Gasteiger partial charge in [0.1, 0.15) is 5.36 Å². The minimum absolute atomic E-state index is 0.0843. The number of amides is 3. The molecule has 0 radical (unpaired) electrons. The number of fused-ring (bicyclic) bond motifs is 1. The fourth-order valence-corrected chi connectivity index (χ4v) is 2.24. The molecule has 2 heterocycles. The standard InChI is InChI=1S/C11H7N5O2S/c17-8-5-19-11(14-8)16-12-4-6-2-1-3-7-9(6)15-10(18)13-7/h1-4H,5H2,(H,14,16,17). The quantitative estimate of drug-likeness (QED) is 0.587. The van der Waals surface area contributed by atoms with Crippen LogP contribution in [0.5, 0.6) is 0 Å². The van der Waals surface area contributed by atoms with E-state index in [1.54, 1.807) is 18.2 Å². The van der Waals surface area contributed by atoms with Gasteiger partial charge in [0.25, 0.3) is 0 Å². The largest absolute Gasteiger partial charge is 0.368 e. The lowest BCUT2D eigenvalue weighted by Crippen LogP contribution is -2.25. The van der Waals surface area contributed by atoms with Gasteiger partial charge in [0.2, 0.25) is 5.91 Å². The Morgan fingerprint density at radius 1 is 1.32 bits per heavy atom. The van der Waals surface area contributed by atoms with E-state index in [4.69, 9.17) is 0 Å². The Morgan fingerprint density at radius 3 is 3.00 bits per heavy atom. The van der Waals surface area contributed by atoms with Crippen LogP contribution >= 0.6 is 11.8 Å². The van der Waals surface area contributed by atoms with E-state index in [0.29, 0.717) is 27.2 Å². The summed E-state index contributed by atoms with van der Waals surface area (Å²) in [6.45, 7) is 0. The Morgan fingerprint density at radius 2 is 2.21 bits per heavy atom. The molecule has 1 aromatic rings. The van der Waals surface area contributed by atoms with Gasteiger partial charge in [0.05, 0.1) is 17.3 Å². The molecule has 0 spiro atoms. The molecule has 8 heteroatoms. The van der Waals surface area contributed by atoms with E-state index in [1.807, 2.05) is 0 Å². The number of urea groups is 1. The van der Waals surface area contributed by atoms with Gasteiger partial charge in [-0.2, -0.15) is 15.1 Å². The van der Waals surface area contributed by atoms with E-state index in [2.05, 4.69) is 25.5 Å². The van der Waals surface area contributed by atoms with Crippen LogP contribution in [0.4, 0.5) is 4.79 Å². The Kier molecular flexibility index (Phi) is 2.92. The Labute approximate surface area is 111 Å². The minimum Gasteiger partial charge on any atom is -0.303 e. The topological polar surface area (TPSA) is 95.6 Å². The third-order valence-corrected chi connectivity index (χ3v) is 3.26. The first-order valence-electron chi connectivity index (χ1n) is 5.36. The summed E-state index contributed by atoms with van der Waals surface area (Å²) in [4.78, 5) is 29.6. The lowest BCUT2D eigenvalue weighted by Gasteiger charge is -1.91. The molecule has 1 saturated heterocycles. The van der Waals surface area contributed by atoms with Crippen molar-refractivity contribution in [2.24, 2.45) is 20.2 Å². The summed E-state index contributed by atoms with van der Waals surface area (Å²) in [5.74, 6) is 0.275. The van der Waals surface area contributed by atoms with Crippen LogP contribution in [0.2, 0.25) is 0 Å². The number of thioether (sulfide) groups is 1. The zero-order valence-electron chi connectivity index (χ0n) is 9.53. The maximum Gasteiger partial charge on any atom is 0.368 e. The second-order valence-electron chi connectivity index (χ2n) is 3.71. The van der Waals surface area contributed by atoms with Gasteiger partial charge in [-0.15, -0.1) is 5.10 Å². The highest BCUT2D eigenvalue weighted by molar-refractivity contribution is 8.15. The van der Waals surface area contributed by atoms with Gasteiger partial charge in [-0.3, -0.25) is 4.79 Å². The first-order valence-corrected chi connectivity index (χ1v) is 6.35. The van der Waals surface area contributed by atoms with Gasteiger partial charge < -0.3 is 5.32 Å². The minimum atomic E-state index is -0.513. The van der Waals surface area contributed by atoms with Crippen LogP contribution in [0.3, 0.4) is 0 Å². The normalized spacial score (nSPS) is 19.5. The van der Waals surface area contributed by atoms with E-state index < -0.39 is 6.03 Å². The lowest BCUT2D eigenvalue weighted by molar-refractivity contribution is -0.116. The molecule has 0 saturated carbocycles. The number of hydrogen-bond donors (Lipinski definition) is 1. The molecule has 1 fully saturated rings. The molecule has 0 bridgehead atoms. The van der Waals surface area contributed by atoms with Crippen LogP contribution in [0.25, 0.3) is 0 Å². The summed E-state index contributed by atoms with van der Waals surface area (Å²) in [6, 6.07) is 4.72. The van der Waals surface area contributed by atoms with Crippen LogP contribution in [-0.2, 0) is 4.79 Å². The molecule has 3 rings (SSSR count). The van der Waals surface area contributed by atoms with Crippen LogP contribution in [0.15, 0.2) is 38.4 Å². The molecular formula is C11H7N5O2S. The van der Waals surface area contributed by atoms with Gasteiger partial charge in [-0.05, 0) is 6.07 Å². The number of amidine groups is 1. The van der Waals surface area contributed by atoms with Crippen LogP contribution < -0.4 is 16.0 Å². The lowest BCUT2D eigenvalue weighted by atomic mass is 10.2. The second-order valence-corrected chi connectivity index (χ2v) is 4.67. The van der Waals surface area contributed by atoms with Gasteiger partial charge in [-0.1, -0.05) is 23.9 Å². The van der Waals surface area contributed by atoms with Crippen LogP contribution in [-0.4, -0.2) is 29.1 Å². The number of hydrogen-bond acceptors (Lipinski definition) is 5. The smallest absolute Gasteiger partial charge is 0.303 e. The maximum absolute atomic E-state index is 11.1.